The highest BCUT2D eigenvalue weighted by Crippen LogP contribution is 2.23. The molecule has 3 rings (SSSR count). The lowest BCUT2D eigenvalue weighted by molar-refractivity contribution is -0.121. The van der Waals surface area contributed by atoms with Crippen molar-refractivity contribution in [3.63, 3.8) is 0 Å². The highest BCUT2D eigenvalue weighted by atomic mass is 35.5. The van der Waals surface area contributed by atoms with Crippen LogP contribution in [0.5, 0.6) is 5.75 Å². The molecule has 0 bridgehead atoms. The topological polar surface area (TPSA) is 75.7 Å². The summed E-state index contributed by atoms with van der Waals surface area (Å²) in [6.45, 7) is 2.51. The fourth-order valence-corrected chi connectivity index (χ4v) is 3.01. The third kappa shape index (κ3) is 4.46. The van der Waals surface area contributed by atoms with Crippen LogP contribution >= 0.6 is 11.6 Å². The Morgan fingerprint density at radius 3 is 2.67 bits per heavy atom. The van der Waals surface area contributed by atoms with Crippen molar-refractivity contribution in [3.05, 3.63) is 64.2 Å². The monoisotopic (exact) mass is 386 g/mol. The second-order valence-electron chi connectivity index (χ2n) is 6.22. The number of hydrogen-bond donors (Lipinski definition) is 1. The van der Waals surface area contributed by atoms with E-state index in [1.807, 2.05) is 6.92 Å². The molecule has 1 N–H and O–H groups in total. The van der Waals surface area contributed by atoms with Gasteiger partial charge in [0.25, 0.3) is 11.8 Å². The van der Waals surface area contributed by atoms with E-state index in [0.29, 0.717) is 35.1 Å². The number of hydrogen-bond acceptors (Lipinski definition) is 4. The summed E-state index contributed by atoms with van der Waals surface area (Å²) in [5.41, 5.74) is 1.70. The quantitative estimate of drug-likeness (QED) is 0.586. The van der Waals surface area contributed by atoms with Crippen molar-refractivity contribution < 1.29 is 19.1 Å². The first-order valence-corrected chi connectivity index (χ1v) is 8.95. The minimum Gasteiger partial charge on any atom is -0.492 e. The number of rotatable bonds is 7. The van der Waals surface area contributed by atoms with Crippen molar-refractivity contribution >= 4 is 29.3 Å². The third-order valence-electron chi connectivity index (χ3n) is 4.18. The minimum absolute atomic E-state index is 0.0433. The number of carbonyl (C=O) groups excluding carboxylic acids is 3. The van der Waals surface area contributed by atoms with Gasteiger partial charge in [0.05, 0.1) is 17.7 Å². The van der Waals surface area contributed by atoms with Gasteiger partial charge in [0.15, 0.2) is 0 Å². The number of amides is 3. The molecule has 140 valence electrons. The summed E-state index contributed by atoms with van der Waals surface area (Å²) in [7, 11) is 0. The Morgan fingerprint density at radius 2 is 1.89 bits per heavy atom. The molecule has 7 heteroatoms. The standard InChI is InChI=1S/C20H19ClN2O4/c1-13-5-6-16-17(11-13)20(26)23(19(16)25)9-7-18(24)22-8-10-27-15-4-2-3-14(21)12-15/h2-6,11-12H,7-10H2,1H3,(H,22,24). The molecule has 0 radical (unpaired) electrons. The van der Waals surface area contributed by atoms with Crippen molar-refractivity contribution in [2.45, 2.75) is 13.3 Å². The van der Waals surface area contributed by atoms with Crippen molar-refractivity contribution in [3.8, 4) is 5.75 Å². The summed E-state index contributed by atoms with van der Waals surface area (Å²) >= 11 is 5.87. The summed E-state index contributed by atoms with van der Waals surface area (Å²) in [5, 5.41) is 3.28. The first kappa shape index (κ1) is 18.9. The van der Waals surface area contributed by atoms with Crippen LogP contribution in [0.15, 0.2) is 42.5 Å². The molecular weight excluding hydrogens is 368 g/mol. The number of halogens is 1. The zero-order valence-corrected chi connectivity index (χ0v) is 15.6. The molecule has 0 saturated carbocycles. The van der Waals surface area contributed by atoms with Gasteiger partial charge in [-0.1, -0.05) is 29.3 Å². The first-order chi connectivity index (χ1) is 13.0. The average Bonchev–Trinajstić information content (AvgIpc) is 2.87. The van der Waals surface area contributed by atoms with Crippen LogP contribution in [-0.4, -0.2) is 42.3 Å². The van der Waals surface area contributed by atoms with Crippen LogP contribution in [0.2, 0.25) is 5.02 Å². The Kier molecular flexibility index (Phi) is 5.76. The molecule has 1 aliphatic heterocycles. The Hall–Kier alpha value is -2.86. The molecule has 0 fully saturated rings. The van der Waals surface area contributed by atoms with Gasteiger partial charge in [-0.2, -0.15) is 0 Å². The van der Waals surface area contributed by atoms with E-state index in [4.69, 9.17) is 16.3 Å². The van der Waals surface area contributed by atoms with E-state index in [9.17, 15) is 14.4 Å². The van der Waals surface area contributed by atoms with E-state index in [1.165, 1.54) is 0 Å². The van der Waals surface area contributed by atoms with Crippen molar-refractivity contribution in [1.82, 2.24) is 10.2 Å². The minimum atomic E-state index is -0.355. The molecule has 0 saturated heterocycles. The number of benzene rings is 2. The smallest absolute Gasteiger partial charge is 0.261 e. The number of nitrogens with one attached hydrogen (secondary N) is 1. The van der Waals surface area contributed by atoms with Crippen LogP contribution < -0.4 is 10.1 Å². The van der Waals surface area contributed by atoms with Gasteiger partial charge in [0, 0.05) is 18.0 Å². The zero-order valence-electron chi connectivity index (χ0n) is 14.8. The molecule has 0 atom stereocenters. The molecule has 0 unspecified atom stereocenters. The van der Waals surface area contributed by atoms with Crippen molar-refractivity contribution in [2.75, 3.05) is 19.7 Å². The molecule has 0 spiro atoms. The molecule has 2 aromatic carbocycles. The van der Waals surface area contributed by atoms with E-state index in [2.05, 4.69) is 5.32 Å². The fraction of sp³-hybridized carbons (Fsp3) is 0.250. The van der Waals surface area contributed by atoms with Gasteiger partial charge in [-0.25, -0.2) is 0 Å². The van der Waals surface area contributed by atoms with Crippen LogP contribution in [0.1, 0.15) is 32.7 Å². The van der Waals surface area contributed by atoms with Crippen LogP contribution in [0, 0.1) is 6.92 Å². The van der Waals surface area contributed by atoms with Crippen LogP contribution in [0.3, 0.4) is 0 Å². The molecule has 3 amide bonds. The summed E-state index contributed by atoms with van der Waals surface area (Å²) in [6.07, 6.45) is 0.0433. The Morgan fingerprint density at radius 1 is 1.11 bits per heavy atom. The van der Waals surface area contributed by atoms with Gasteiger partial charge >= 0.3 is 0 Å². The zero-order chi connectivity index (χ0) is 19.4. The second-order valence-corrected chi connectivity index (χ2v) is 6.65. The van der Waals surface area contributed by atoms with E-state index in [0.717, 1.165) is 10.5 Å². The van der Waals surface area contributed by atoms with Gasteiger partial charge in [-0.05, 0) is 37.3 Å². The maximum Gasteiger partial charge on any atom is 0.261 e. The predicted octanol–water partition coefficient (Wildman–Crippen LogP) is 2.83. The van der Waals surface area contributed by atoms with Crippen molar-refractivity contribution in [1.29, 1.82) is 0 Å². The van der Waals surface area contributed by atoms with Gasteiger partial charge < -0.3 is 10.1 Å². The number of imide groups is 1. The van der Waals surface area contributed by atoms with E-state index < -0.39 is 0 Å². The third-order valence-corrected chi connectivity index (χ3v) is 4.41. The molecule has 1 aliphatic rings. The lowest BCUT2D eigenvalue weighted by Crippen LogP contribution is -2.35. The molecule has 1 heterocycles. The first-order valence-electron chi connectivity index (χ1n) is 8.57. The maximum absolute atomic E-state index is 12.4. The summed E-state index contributed by atoms with van der Waals surface area (Å²) in [6, 6.07) is 12.1. The average molecular weight is 387 g/mol. The van der Waals surface area contributed by atoms with Crippen LogP contribution in [-0.2, 0) is 4.79 Å². The van der Waals surface area contributed by atoms with Gasteiger partial charge in [0.1, 0.15) is 12.4 Å². The van der Waals surface area contributed by atoms with E-state index >= 15 is 0 Å². The predicted molar refractivity (Wildman–Crippen MR) is 101 cm³/mol. The number of aryl methyl sites for hydroxylation is 1. The number of fused-ring (bicyclic) bond motifs is 1. The summed E-state index contributed by atoms with van der Waals surface area (Å²) in [5.74, 6) is -0.335. The maximum atomic E-state index is 12.4. The highest BCUT2D eigenvalue weighted by Gasteiger charge is 2.35. The normalized spacial score (nSPS) is 12.9. The van der Waals surface area contributed by atoms with Gasteiger partial charge in [0.2, 0.25) is 5.91 Å². The molecule has 2 aromatic rings. The molecule has 27 heavy (non-hydrogen) atoms. The molecule has 0 aliphatic carbocycles. The molecular formula is C20H19ClN2O4. The van der Waals surface area contributed by atoms with Crippen LogP contribution in [0.25, 0.3) is 0 Å². The number of carbonyl (C=O) groups is 3. The lowest BCUT2D eigenvalue weighted by Gasteiger charge is -2.13. The fourth-order valence-electron chi connectivity index (χ4n) is 2.83. The van der Waals surface area contributed by atoms with Crippen LogP contribution in [0.4, 0.5) is 0 Å². The lowest BCUT2D eigenvalue weighted by atomic mass is 10.1. The van der Waals surface area contributed by atoms with E-state index in [1.54, 1.807) is 42.5 Å². The Balaban J connectivity index is 1.43. The number of ether oxygens (including phenoxy) is 1. The van der Waals surface area contributed by atoms with Gasteiger partial charge in [-0.3, -0.25) is 19.3 Å². The second kappa shape index (κ2) is 8.22. The number of nitrogens with zero attached hydrogens (tertiary/aromatic N) is 1. The van der Waals surface area contributed by atoms with Gasteiger partial charge in [-0.15, -0.1) is 0 Å². The largest absolute Gasteiger partial charge is 0.492 e. The van der Waals surface area contributed by atoms with Crippen molar-refractivity contribution in [2.24, 2.45) is 0 Å². The SMILES string of the molecule is Cc1ccc2c(c1)C(=O)N(CCC(=O)NCCOc1cccc(Cl)c1)C2=O. The summed E-state index contributed by atoms with van der Waals surface area (Å²) in [4.78, 5) is 37.8. The summed E-state index contributed by atoms with van der Waals surface area (Å²) < 4.78 is 5.48. The highest BCUT2D eigenvalue weighted by molar-refractivity contribution is 6.30. The Bertz CT molecular complexity index is 897. The Labute approximate surface area is 162 Å². The molecule has 0 aromatic heterocycles. The molecule has 6 nitrogen and oxygen atoms in total. The van der Waals surface area contributed by atoms with E-state index in [-0.39, 0.29) is 30.7 Å².